The van der Waals surface area contributed by atoms with Crippen LogP contribution in [0.4, 0.5) is 18.9 Å². The number of aromatic nitrogens is 1. The molecule has 0 fully saturated rings. The number of ketones is 1. The summed E-state index contributed by atoms with van der Waals surface area (Å²) in [5.74, 6) is -4.07. The number of anilines is 1. The van der Waals surface area contributed by atoms with Crippen molar-refractivity contribution in [2.24, 2.45) is 5.92 Å². The zero-order valence-corrected chi connectivity index (χ0v) is 19.2. The number of esters is 1. The predicted octanol–water partition coefficient (Wildman–Crippen LogP) is 3.77. The molecule has 1 aromatic rings. The van der Waals surface area contributed by atoms with Crippen molar-refractivity contribution in [1.82, 2.24) is 4.98 Å². The Morgan fingerprint density at radius 3 is 2.34 bits per heavy atom. The summed E-state index contributed by atoms with van der Waals surface area (Å²) in [6.07, 6.45) is 2.94. The Labute approximate surface area is 185 Å². The van der Waals surface area contributed by atoms with Gasteiger partial charge in [-0.05, 0) is 32.8 Å². The molecule has 0 radical (unpaired) electrons. The molecule has 0 amide bonds. The maximum atomic E-state index is 13.2. The number of ether oxygens (including phenoxy) is 1. The van der Waals surface area contributed by atoms with Gasteiger partial charge in [0.1, 0.15) is 11.5 Å². The zero-order valence-electron chi connectivity index (χ0n) is 18.4. The average Bonchev–Trinajstić information content (AvgIpc) is 2.66. The summed E-state index contributed by atoms with van der Waals surface area (Å²) in [6.45, 7) is 6.89. The van der Waals surface area contributed by atoms with Crippen LogP contribution in [0.25, 0.3) is 0 Å². The van der Waals surface area contributed by atoms with Crippen LogP contribution in [0.15, 0.2) is 6.07 Å². The Bertz CT molecular complexity index is 959. The van der Waals surface area contributed by atoms with E-state index in [0.29, 0.717) is 12.8 Å². The summed E-state index contributed by atoms with van der Waals surface area (Å²) in [6, 6.07) is 1.35. The monoisotopic (exact) mass is 480 g/mol. The fourth-order valence-corrected chi connectivity index (χ4v) is 4.17. The third-order valence-electron chi connectivity index (χ3n) is 5.07. The highest BCUT2D eigenvalue weighted by molar-refractivity contribution is 7.88. The SMILES string of the molecule is CCCC(CCC)N1CC(C(=O)OCC)C(=O)c2c1cc(C)nc2OS(=O)(=O)C(F)(F)F. The lowest BCUT2D eigenvalue weighted by atomic mass is 9.89. The highest BCUT2D eigenvalue weighted by atomic mass is 32.2. The van der Waals surface area contributed by atoms with Gasteiger partial charge in [0.2, 0.25) is 5.88 Å². The lowest BCUT2D eigenvalue weighted by molar-refractivity contribution is -0.146. The van der Waals surface area contributed by atoms with Crippen LogP contribution in [0, 0.1) is 12.8 Å². The van der Waals surface area contributed by atoms with E-state index in [1.165, 1.54) is 13.0 Å². The molecule has 0 aliphatic carbocycles. The van der Waals surface area contributed by atoms with Crippen molar-refractivity contribution in [2.75, 3.05) is 18.1 Å². The molecule has 0 saturated carbocycles. The first-order valence-electron chi connectivity index (χ1n) is 10.4. The van der Waals surface area contributed by atoms with Gasteiger partial charge in [-0.2, -0.15) is 21.6 Å². The molecule has 1 atom stereocenters. The number of carbonyl (C=O) groups is 2. The van der Waals surface area contributed by atoms with Crippen LogP contribution in [0.2, 0.25) is 0 Å². The number of fused-ring (bicyclic) bond motifs is 1. The van der Waals surface area contributed by atoms with Gasteiger partial charge >= 0.3 is 21.6 Å². The van der Waals surface area contributed by atoms with E-state index < -0.39 is 44.7 Å². The lowest BCUT2D eigenvalue weighted by Gasteiger charge is -2.40. The summed E-state index contributed by atoms with van der Waals surface area (Å²) in [5, 5.41) is 0. The van der Waals surface area contributed by atoms with Gasteiger partial charge in [-0.1, -0.05) is 26.7 Å². The molecule has 2 heterocycles. The van der Waals surface area contributed by atoms with Crippen molar-refractivity contribution < 1.29 is 40.1 Å². The second-order valence-corrected chi connectivity index (χ2v) is 9.04. The number of rotatable bonds is 9. The molecule has 32 heavy (non-hydrogen) atoms. The normalized spacial score (nSPS) is 16.8. The molecule has 0 N–H and O–H groups in total. The van der Waals surface area contributed by atoms with E-state index in [1.807, 2.05) is 13.8 Å². The first-order chi connectivity index (χ1) is 14.9. The van der Waals surface area contributed by atoms with Gasteiger partial charge in [-0.25, -0.2) is 4.98 Å². The summed E-state index contributed by atoms with van der Waals surface area (Å²) in [5.41, 5.74) is -5.82. The number of hydrogen-bond acceptors (Lipinski definition) is 8. The second kappa shape index (κ2) is 10.1. The van der Waals surface area contributed by atoms with Crippen molar-refractivity contribution in [3.63, 3.8) is 0 Å². The van der Waals surface area contributed by atoms with Gasteiger partial charge < -0.3 is 13.8 Å². The molecule has 0 bridgehead atoms. The van der Waals surface area contributed by atoms with Crippen LogP contribution >= 0.6 is 0 Å². The van der Waals surface area contributed by atoms with Gasteiger partial charge in [-0.15, -0.1) is 0 Å². The summed E-state index contributed by atoms with van der Waals surface area (Å²) in [7, 11) is -6.08. The van der Waals surface area contributed by atoms with E-state index in [2.05, 4.69) is 9.17 Å². The lowest BCUT2D eigenvalue weighted by Crippen LogP contribution is -2.48. The van der Waals surface area contributed by atoms with Crippen LogP contribution in [-0.2, 0) is 19.6 Å². The molecule has 1 aliphatic rings. The van der Waals surface area contributed by atoms with Gasteiger partial charge in [-0.3, -0.25) is 9.59 Å². The third-order valence-corrected chi connectivity index (χ3v) is 6.02. The molecule has 0 aromatic carbocycles. The molecule has 1 aromatic heterocycles. The van der Waals surface area contributed by atoms with Gasteiger partial charge in [0.25, 0.3) is 0 Å². The Balaban J connectivity index is 2.72. The Morgan fingerprint density at radius 2 is 1.84 bits per heavy atom. The fourth-order valence-electron chi connectivity index (χ4n) is 3.74. The van der Waals surface area contributed by atoms with E-state index in [0.717, 1.165) is 12.8 Å². The molecular weight excluding hydrogens is 453 g/mol. The van der Waals surface area contributed by atoms with E-state index in [1.54, 1.807) is 11.8 Å². The number of pyridine rings is 1. The quantitative estimate of drug-likeness (QED) is 0.228. The van der Waals surface area contributed by atoms with Crippen LogP contribution in [0.1, 0.15) is 62.5 Å². The molecule has 0 saturated heterocycles. The van der Waals surface area contributed by atoms with Crippen LogP contribution in [0.5, 0.6) is 5.88 Å². The van der Waals surface area contributed by atoms with Crippen LogP contribution in [-0.4, -0.2) is 49.9 Å². The van der Waals surface area contributed by atoms with E-state index in [9.17, 15) is 31.2 Å². The van der Waals surface area contributed by atoms with Crippen molar-refractivity contribution in [3.8, 4) is 5.88 Å². The molecule has 12 heteroatoms. The standard InChI is InChI=1S/C20H27F3N2O6S/c1-5-8-13(9-6-2)25-11-14(19(27)30-7-3)17(26)16-15(25)10-12(4)24-18(16)31-32(28,29)20(21,22)23/h10,13-14H,5-9,11H2,1-4H3. The second-order valence-electron chi connectivity index (χ2n) is 7.50. The minimum absolute atomic E-state index is 0.000771. The predicted molar refractivity (Wildman–Crippen MR) is 110 cm³/mol. The minimum atomic E-state index is -6.08. The van der Waals surface area contributed by atoms with Gasteiger partial charge in [0.15, 0.2) is 5.78 Å². The van der Waals surface area contributed by atoms with E-state index >= 15 is 0 Å². The number of halogens is 3. The van der Waals surface area contributed by atoms with Crippen LogP contribution < -0.4 is 9.08 Å². The molecule has 0 spiro atoms. The molecule has 1 aliphatic heterocycles. The highest BCUT2D eigenvalue weighted by Gasteiger charge is 2.50. The number of Topliss-reactive ketones (excluding diaryl/α,β-unsaturated/α-hetero) is 1. The zero-order chi connectivity index (χ0) is 24.3. The number of nitrogens with zero attached hydrogens (tertiary/aromatic N) is 2. The molecule has 2 rings (SSSR count). The molecule has 1 unspecified atom stereocenters. The summed E-state index contributed by atoms with van der Waals surface area (Å²) >= 11 is 0. The summed E-state index contributed by atoms with van der Waals surface area (Å²) in [4.78, 5) is 31.2. The van der Waals surface area contributed by atoms with Gasteiger partial charge in [0, 0.05) is 18.3 Å². The fraction of sp³-hybridized carbons (Fsp3) is 0.650. The van der Waals surface area contributed by atoms with Crippen molar-refractivity contribution in [2.45, 2.75) is 64.9 Å². The number of alkyl halides is 3. The highest BCUT2D eigenvalue weighted by Crippen LogP contribution is 2.40. The number of aryl methyl sites for hydroxylation is 1. The minimum Gasteiger partial charge on any atom is -0.465 e. The maximum Gasteiger partial charge on any atom is 0.534 e. The summed E-state index contributed by atoms with van der Waals surface area (Å²) < 4.78 is 71.4. The first-order valence-corrected chi connectivity index (χ1v) is 11.8. The van der Waals surface area contributed by atoms with E-state index in [4.69, 9.17) is 4.74 Å². The largest absolute Gasteiger partial charge is 0.534 e. The Morgan fingerprint density at radius 1 is 1.25 bits per heavy atom. The number of hydrogen-bond donors (Lipinski definition) is 0. The number of carbonyl (C=O) groups excluding carboxylic acids is 2. The first kappa shape index (κ1) is 25.9. The topological polar surface area (TPSA) is 103 Å². The third kappa shape index (κ3) is 5.33. The smallest absolute Gasteiger partial charge is 0.465 e. The van der Waals surface area contributed by atoms with Gasteiger partial charge in [0.05, 0.1) is 12.3 Å². The van der Waals surface area contributed by atoms with Crippen molar-refractivity contribution >= 4 is 27.6 Å². The average molecular weight is 481 g/mol. The van der Waals surface area contributed by atoms with Crippen LogP contribution in [0.3, 0.4) is 0 Å². The Kier molecular flexibility index (Phi) is 8.13. The van der Waals surface area contributed by atoms with Crippen molar-refractivity contribution in [1.29, 1.82) is 0 Å². The molecular formula is C20H27F3N2O6S. The van der Waals surface area contributed by atoms with Crippen molar-refractivity contribution in [3.05, 3.63) is 17.3 Å². The molecule has 8 nitrogen and oxygen atoms in total. The molecule has 180 valence electrons. The maximum absolute atomic E-state index is 13.2. The van der Waals surface area contributed by atoms with E-state index in [-0.39, 0.29) is 30.6 Å². The Hall–Kier alpha value is -2.37.